The molecule has 5 nitrogen and oxygen atoms in total. The molecule has 0 N–H and O–H groups in total. The van der Waals surface area contributed by atoms with Crippen molar-refractivity contribution in [3.8, 4) is 73.2 Å². The summed E-state index contributed by atoms with van der Waals surface area (Å²) in [5.41, 5.74) is 14.5. The van der Waals surface area contributed by atoms with Gasteiger partial charge in [-0.25, -0.2) is 15.0 Å². The highest BCUT2D eigenvalue weighted by atomic mass is 16.3. The second-order valence-corrected chi connectivity index (χ2v) is 15.6. The van der Waals surface area contributed by atoms with Crippen LogP contribution in [-0.4, -0.2) is 19.5 Å². The number of hydrogen-bond acceptors (Lipinski definition) is 4. The molecule has 0 saturated heterocycles. The molecule has 9 aromatic carbocycles. The van der Waals surface area contributed by atoms with E-state index in [1.165, 1.54) is 10.9 Å². The summed E-state index contributed by atoms with van der Waals surface area (Å²) in [5.74, 6) is 1.80. The number of benzene rings is 9. The zero-order valence-corrected chi connectivity index (χ0v) is 33.5. The van der Waals surface area contributed by atoms with Crippen LogP contribution in [-0.2, 0) is 0 Å². The predicted octanol–water partition coefficient (Wildman–Crippen LogP) is 14.9. The van der Waals surface area contributed by atoms with Crippen molar-refractivity contribution in [2.45, 2.75) is 0 Å². The van der Waals surface area contributed by atoms with Gasteiger partial charge in [-0.1, -0.05) is 170 Å². The molecular formula is C57H36N4O. The molecule has 0 spiro atoms. The van der Waals surface area contributed by atoms with Crippen LogP contribution >= 0.6 is 0 Å². The van der Waals surface area contributed by atoms with E-state index in [4.69, 9.17) is 19.4 Å². The highest BCUT2D eigenvalue weighted by Crippen LogP contribution is 2.42. The Kier molecular flexibility index (Phi) is 8.42. The van der Waals surface area contributed by atoms with Crippen LogP contribution in [0.4, 0.5) is 0 Å². The normalized spacial score (nSPS) is 11.5. The average molecular weight is 793 g/mol. The van der Waals surface area contributed by atoms with Gasteiger partial charge in [0.15, 0.2) is 17.5 Å². The van der Waals surface area contributed by atoms with Gasteiger partial charge in [0.05, 0.1) is 16.4 Å². The maximum Gasteiger partial charge on any atom is 0.164 e. The molecule has 62 heavy (non-hydrogen) atoms. The maximum atomic E-state index is 6.65. The summed E-state index contributed by atoms with van der Waals surface area (Å²) >= 11 is 0. The van der Waals surface area contributed by atoms with E-state index < -0.39 is 0 Å². The van der Waals surface area contributed by atoms with Crippen LogP contribution in [0.5, 0.6) is 0 Å². The highest BCUT2D eigenvalue weighted by molar-refractivity contribution is 6.24. The van der Waals surface area contributed by atoms with Gasteiger partial charge in [0.25, 0.3) is 0 Å². The number of rotatable bonds is 7. The van der Waals surface area contributed by atoms with Crippen molar-refractivity contribution < 1.29 is 4.42 Å². The average Bonchev–Trinajstić information content (AvgIpc) is 3.90. The molecule has 5 heteroatoms. The van der Waals surface area contributed by atoms with Gasteiger partial charge >= 0.3 is 0 Å². The zero-order valence-electron chi connectivity index (χ0n) is 33.5. The highest BCUT2D eigenvalue weighted by Gasteiger charge is 2.21. The van der Waals surface area contributed by atoms with Crippen LogP contribution < -0.4 is 0 Å². The Hall–Kier alpha value is -8.41. The Bertz CT molecular complexity index is 3490. The van der Waals surface area contributed by atoms with E-state index in [0.29, 0.717) is 17.5 Å². The maximum absolute atomic E-state index is 6.65. The first-order valence-electron chi connectivity index (χ1n) is 20.8. The van der Waals surface area contributed by atoms with Gasteiger partial charge < -0.3 is 8.98 Å². The number of nitrogens with zero attached hydrogens (tertiary/aromatic N) is 4. The first-order valence-corrected chi connectivity index (χ1v) is 20.8. The number of para-hydroxylation sites is 1. The number of aromatic nitrogens is 4. The smallest absolute Gasteiger partial charge is 0.164 e. The van der Waals surface area contributed by atoms with Crippen LogP contribution in [0.25, 0.3) is 117 Å². The molecule has 0 radical (unpaired) electrons. The first-order chi connectivity index (χ1) is 30.7. The second-order valence-electron chi connectivity index (χ2n) is 15.6. The Morgan fingerprint density at radius 2 is 0.774 bits per heavy atom. The molecule has 290 valence electrons. The molecule has 0 unspecified atom stereocenters. The molecule has 12 aromatic rings. The third-order valence-corrected chi connectivity index (χ3v) is 11.9. The lowest BCUT2D eigenvalue weighted by atomic mass is 10.0. The lowest BCUT2D eigenvalue weighted by molar-refractivity contribution is 0.669. The van der Waals surface area contributed by atoms with Crippen LogP contribution in [0, 0.1) is 0 Å². The van der Waals surface area contributed by atoms with Gasteiger partial charge in [-0.05, 0) is 81.9 Å². The molecule has 0 aliphatic rings. The predicted molar refractivity (Wildman–Crippen MR) is 254 cm³/mol. The summed E-state index contributed by atoms with van der Waals surface area (Å²) in [6.45, 7) is 0. The molecule has 0 aliphatic carbocycles. The second kappa shape index (κ2) is 14.7. The third-order valence-electron chi connectivity index (χ3n) is 11.9. The Labute approximate surface area is 357 Å². The molecular weight excluding hydrogens is 757 g/mol. The van der Waals surface area contributed by atoms with Crippen molar-refractivity contribution in [2.24, 2.45) is 0 Å². The minimum atomic E-state index is 0.587. The fourth-order valence-electron chi connectivity index (χ4n) is 8.83. The van der Waals surface area contributed by atoms with E-state index in [0.717, 1.165) is 88.6 Å². The summed E-state index contributed by atoms with van der Waals surface area (Å²) in [6, 6.07) is 76.3. The zero-order chi connectivity index (χ0) is 41.0. The summed E-state index contributed by atoms with van der Waals surface area (Å²) in [7, 11) is 0. The Morgan fingerprint density at radius 3 is 1.39 bits per heavy atom. The van der Waals surface area contributed by atoms with Crippen LogP contribution in [0.2, 0.25) is 0 Å². The SMILES string of the molecule is c1ccc(-c2ccc(-c3nc(-c4ccc(-c5ccccc5)cc4)nc(-c4ccc5oc6ccc7c8ccccc8n(-c8cccc(-c9ccccc9)c8)c7c6c5c4)n3)cc2)cc1. The van der Waals surface area contributed by atoms with Crippen molar-refractivity contribution in [1.29, 1.82) is 0 Å². The van der Waals surface area contributed by atoms with Gasteiger partial charge in [0, 0.05) is 38.5 Å². The van der Waals surface area contributed by atoms with Gasteiger partial charge in [0.1, 0.15) is 11.2 Å². The minimum Gasteiger partial charge on any atom is -0.456 e. The van der Waals surface area contributed by atoms with E-state index in [2.05, 4.69) is 205 Å². The van der Waals surface area contributed by atoms with Crippen molar-refractivity contribution in [2.75, 3.05) is 0 Å². The molecule has 3 aromatic heterocycles. The van der Waals surface area contributed by atoms with Crippen LogP contribution in [0.15, 0.2) is 223 Å². The Balaban J connectivity index is 1.05. The molecule has 0 aliphatic heterocycles. The van der Waals surface area contributed by atoms with Crippen molar-refractivity contribution in [3.63, 3.8) is 0 Å². The number of hydrogen-bond donors (Lipinski definition) is 0. The van der Waals surface area contributed by atoms with Crippen molar-refractivity contribution >= 4 is 43.7 Å². The topological polar surface area (TPSA) is 56.7 Å². The van der Waals surface area contributed by atoms with Crippen molar-refractivity contribution in [1.82, 2.24) is 19.5 Å². The van der Waals surface area contributed by atoms with Crippen molar-refractivity contribution in [3.05, 3.63) is 218 Å². The molecule has 0 amide bonds. The van der Waals surface area contributed by atoms with E-state index in [1.54, 1.807) is 0 Å². The third kappa shape index (κ3) is 6.14. The lowest BCUT2D eigenvalue weighted by Crippen LogP contribution is -2.00. The van der Waals surface area contributed by atoms with Crippen LogP contribution in [0.3, 0.4) is 0 Å². The van der Waals surface area contributed by atoms with E-state index in [1.807, 2.05) is 18.2 Å². The lowest BCUT2D eigenvalue weighted by Gasteiger charge is -2.11. The monoisotopic (exact) mass is 792 g/mol. The Morgan fingerprint density at radius 1 is 0.306 bits per heavy atom. The summed E-state index contributed by atoms with van der Waals surface area (Å²) < 4.78 is 9.03. The van der Waals surface area contributed by atoms with Gasteiger partial charge in [-0.2, -0.15) is 0 Å². The van der Waals surface area contributed by atoms with Gasteiger partial charge in [0.2, 0.25) is 0 Å². The fraction of sp³-hybridized carbons (Fsp3) is 0. The van der Waals surface area contributed by atoms with Crippen LogP contribution in [0.1, 0.15) is 0 Å². The molecule has 0 bridgehead atoms. The molecule has 0 saturated carbocycles. The molecule has 0 fully saturated rings. The molecule has 0 atom stereocenters. The number of furan rings is 1. The first kappa shape index (κ1) is 35.5. The largest absolute Gasteiger partial charge is 0.456 e. The summed E-state index contributed by atoms with van der Waals surface area (Å²) in [6.07, 6.45) is 0. The fourth-order valence-corrected chi connectivity index (χ4v) is 8.83. The number of fused-ring (bicyclic) bond motifs is 7. The van der Waals surface area contributed by atoms with Gasteiger partial charge in [-0.15, -0.1) is 0 Å². The minimum absolute atomic E-state index is 0.587. The molecule has 3 heterocycles. The molecule has 12 rings (SSSR count). The van der Waals surface area contributed by atoms with E-state index in [-0.39, 0.29) is 0 Å². The quantitative estimate of drug-likeness (QED) is 0.161. The standard InChI is InChI=1S/C57H36N4O/c1-4-13-37(14-5-1)40-23-27-42(28-24-40)55-58-56(43-29-25-41(26-30-43)38-15-6-2-7-16-38)60-57(59-55)45-31-33-51-49(36-45)53-52(62-51)34-32-48-47-21-10-11-22-50(47)61(54(48)53)46-20-12-19-44(35-46)39-17-8-3-9-18-39/h1-36H. The van der Waals surface area contributed by atoms with E-state index in [9.17, 15) is 0 Å². The summed E-state index contributed by atoms with van der Waals surface area (Å²) in [4.78, 5) is 15.5. The summed E-state index contributed by atoms with van der Waals surface area (Å²) in [5, 5.41) is 4.38. The van der Waals surface area contributed by atoms with E-state index >= 15 is 0 Å². The van der Waals surface area contributed by atoms with Gasteiger partial charge in [-0.3, -0.25) is 0 Å².